The van der Waals surface area contributed by atoms with Crippen LogP contribution in [-0.4, -0.2) is 25.6 Å². The van der Waals surface area contributed by atoms with E-state index >= 15 is 0 Å². The molecule has 27 heavy (non-hydrogen) atoms. The Morgan fingerprint density at radius 1 is 1.15 bits per heavy atom. The average molecular weight is 379 g/mol. The topological polar surface area (TPSA) is 79.5 Å². The molecule has 4 aromatic rings. The van der Waals surface area contributed by atoms with Crippen molar-refractivity contribution >= 4 is 28.8 Å². The highest BCUT2D eigenvalue weighted by Crippen LogP contribution is 2.28. The fourth-order valence-electron chi connectivity index (χ4n) is 2.79. The van der Waals surface area contributed by atoms with Crippen molar-refractivity contribution in [2.24, 2.45) is 0 Å². The van der Waals surface area contributed by atoms with Gasteiger partial charge in [-0.15, -0.1) is 0 Å². The Bertz CT molecular complexity index is 1150. The van der Waals surface area contributed by atoms with Crippen LogP contribution in [0.25, 0.3) is 16.9 Å². The van der Waals surface area contributed by atoms with Crippen LogP contribution in [0, 0.1) is 6.92 Å². The molecular weight excluding hydrogens is 364 g/mol. The molecule has 0 aliphatic carbocycles. The van der Waals surface area contributed by atoms with Gasteiger partial charge >= 0.3 is 0 Å². The summed E-state index contributed by atoms with van der Waals surface area (Å²) in [6.07, 6.45) is 3.09. The predicted molar refractivity (Wildman–Crippen MR) is 104 cm³/mol. The smallest absolute Gasteiger partial charge is 0.261 e. The summed E-state index contributed by atoms with van der Waals surface area (Å²) in [5, 5.41) is 17.3. The largest absolute Gasteiger partial charge is 0.506 e. The summed E-state index contributed by atoms with van der Waals surface area (Å²) in [7, 11) is 0. The number of aryl methyl sites for hydroxylation is 1. The van der Waals surface area contributed by atoms with Gasteiger partial charge in [0, 0.05) is 16.8 Å². The zero-order valence-corrected chi connectivity index (χ0v) is 15.1. The summed E-state index contributed by atoms with van der Waals surface area (Å²) in [4.78, 5) is 17.0. The van der Waals surface area contributed by atoms with Gasteiger partial charge in [-0.3, -0.25) is 4.79 Å². The minimum absolute atomic E-state index is 0.0717. The van der Waals surface area contributed by atoms with Crippen LogP contribution in [0.4, 0.5) is 5.69 Å². The lowest BCUT2D eigenvalue weighted by Crippen LogP contribution is -2.12. The third-order valence-corrected chi connectivity index (χ3v) is 4.44. The van der Waals surface area contributed by atoms with E-state index in [9.17, 15) is 9.90 Å². The van der Waals surface area contributed by atoms with Crippen LogP contribution in [0.2, 0.25) is 5.02 Å². The van der Waals surface area contributed by atoms with E-state index in [2.05, 4.69) is 15.4 Å². The van der Waals surface area contributed by atoms with E-state index in [0.29, 0.717) is 16.2 Å². The molecule has 4 rings (SSSR count). The number of hydrogen-bond donors (Lipinski definition) is 2. The highest BCUT2D eigenvalue weighted by atomic mass is 35.5. The lowest BCUT2D eigenvalue weighted by Gasteiger charge is -2.07. The summed E-state index contributed by atoms with van der Waals surface area (Å²) < 4.78 is 1.62. The van der Waals surface area contributed by atoms with Gasteiger partial charge in [0.1, 0.15) is 11.3 Å². The van der Waals surface area contributed by atoms with Gasteiger partial charge in [-0.1, -0.05) is 41.4 Å². The molecule has 2 heterocycles. The molecule has 2 aromatic heterocycles. The van der Waals surface area contributed by atoms with E-state index in [4.69, 9.17) is 11.6 Å². The second kappa shape index (κ2) is 6.74. The number of nitrogens with one attached hydrogen (secondary N) is 1. The Labute approximate surface area is 160 Å². The number of amides is 1. The van der Waals surface area contributed by atoms with Crippen LogP contribution >= 0.6 is 11.6 Å². The number of carbonyl (C=O) groups is 1. The molecule has 1 amide bonds. The molecule has 2 aromatic carbocycles. The van der Waals surface area contributed by atoms with Gasteiger partial charge in [-0.25, -0.2) is 9.50 Å². The van der Waals surface area contributed by atoms with Crippen molar-refractivity contribution in [3.8, 4) is 17.0 Å². The number of rotatable bonds is 3. The quantitative estimate of drug-likeness (QED) is 0.520. The third-order valence-electron chi connectivity index (χ3n) is 4.20. The van der Waals surface area contributed by atoms with Crippen LogP contribution < -0.4 is 5.32 Å². The van der Waals surface area contributed by atoms with E-state index in [0.717, 1.165) is 16.8 Å². The van der Waals surface area contributed by atoms with Crippen molar-refractivity contribution in [3.05, 3.63) is 77.1 Å². The number of benzene rings is 2. The Morgan fingerprint density at radius 2 is 1.93 bits per heavy atom. The van der Waals surface area contributed by atoms with Crippen molar-refractivity contribution in [2.45, 2.75) is 6.92 Å². The van der Waals surface area contributed by atoms with Crippen molar-refractivity contribution in [3.63, 3.8) is 0 Å². The standard InChI is InChI=1S/C20H15ClN4O2/c1-12-2-4-13(5-3-12)17-8-9-22-19-15(11-23-25(17)19)20(27)24-16-10-14(21)6-7-18(16)26/h2-11,26H,1H3,(H,24,27). The van der Waals surface area contributed by atoms with Crippen molar-refractivity contribution < 1.29 is 9.90 Å². The molecule has 0 bridgehead atoms. The molecule has 0 spiro atoms. The third kappa shape index (κ3) is 3.22. The zero-order chi connectivity index (χ0) is 19.0. The Kier molecular flexibility index (Phi) is 4.25. The van der Waals surface area contributed by atoms with Gasteiger partial charge in [0.05, 0.1) is 17.6 Å². The summed E-state index contributed by atoms with van der Waals surface area (Å²) >= 11 is 5.93. The summed E-state index contributed by atoms with van der Waals surface area (Å²) in [5.41, 5.74) is 3.89. The van der Waals surface area contributed by atoms with Gasteiger partial charge in [-0.05, 0) is 31.2 Å². The van der Waals surface area contributed by atoms with Crippen LogP contribution in [0.5, 0.6) is 5.75 Å². The number of anilines is 1. The monoisotopic (exact) mass is 378 g/mol. The van der Waals surface area contributed by atoms with E-state index in [1.165, 1.54) is 24.4 Å². The number of phenols is 1. The number of carbonyl (C=O) groups excluding carboxylic acids is 1. The predicted octanol–water partition coefficient (Wildman–Crippen LogP) is 4.32. The van der Waals surface area contributed by atoms with E-state index in [1.54, 1.807) is 10.7 Å². The lowest BCUT2D eigenvalue weighted by molar-refractivity contribution is 0.102. The first-order valence-corrected chi connectivity index (χ1v) is 8.60. The van der Waals surface area contributed by atoms with Crippen LogP contribution in [0.15, 0.2) is 60.9 Å². The second-order valence-corrected chi connectivity index (χ2v) is 6.54. The van der Waals surface area contributed by atoms with Crippen molar-refractivity contribution in [1.82, 2.24) is 14.6 Å². The Morgan fingerprint density at radius 3 is 2.70 bits per heavy atom. The van der Waals surface area contributed by atoms with Gasteiger partial charge in [0.2, 0.25) is 0 Å². The minimum Gasteiger partial charge on any atom is -0.506 e. The fourth-order valence-corrected chi connectivity index (χ4v) is 2.96. The molecule has 0 atom stereocenters. The van der Waals surface area contributed by atoms with Crippen LogP contribution in [-0.2, 0) is 0 Å². The highest BCUT2D eigenvalue weighted by molar-refractivity contribution is 6.31. The van der Waals surface area contributed by atoms with Crippen molar-refractivity contribution in [2.75, 3.05) is 5.32 Å². The molecule has 0 aliphatic rings. The average Bonchev–Trinajstić information content (AvgIpc) is 3.10. The van der Waals surface area contributed by atoms with Crippen LogP contribution in [0.3, 0.4) is 0 Å². The van der Waals surface area contributed by atoms with E-state index < -0.39 is 5.91 Å². The summed E-state index contributed by atoms with van der Waals surface area (Å²) in [6, 6.07) is 14.3. The van der Waals surface area contributed by atoms with Gasteiger partial charge in [0.15, 0.2) is 5.65 Å². The normalized spacial score (nSPS) is 10.9. The molecule has 6 nitrogen and oxygen atoms in total. The SMILES string of the molecule is Cc1ccc(-c2ccnc3c(C(=O)Nc4cc(Cl)ccc4O)cnn23)cc1. The maximum absolute atomic E-state index is 12.7. The number of fused-ring (bicyclic) bond motifs is 1. The number of halogens is 1. The molecule has 0 aliphatic heterocycles. The molecule has 0 fully saturated rings. The van der Waals surface area contributed by atoms with E-state index in [1.807, 2.05) is 37.3 Å². The maximum Gasteiger partial charge on any atom is 0.261 e. The first-order valence-electron chi connectivity index (χ1n) is 8.22. The molecular formula is C20H15ClN4O2. The Balaban J connectivity index is 1.73. The Hall–Kier alpha value is -3.38. The lowest BCUT2D eigenvalue weighted by atomic mass is 10.1. The molecule has 7 heteroatoms. The molecule has 0 unspecified atom stereocenters. The van der Waals surface area contributed by atoms with Gasteiger partial charge in [-0.2, -0.15) is 5.10 Å². The number of nitrogens with zero attached hydrogens (tertiary/aromatic N) is 3. The molecule has 2 N–H and O–H groups in total. The molecule has 134 valence electrons. The molecule has 0 saturated carbocycles. The summed E-state index contributed by atoms with van der Waals surface area (Å²) in [5.74, 6) is -0.506. The summed E-state index contributed by atoms with van der Waals surface area (Å²) in [6.45, 7) is 2.02. The molecule has 0 saturated heterocycles. The number of hydrogen-bond acceptors (Lipinski definition) is 4. The van der Waals surface area contributed by atoms with Gasteiger partial charge in [0.25, 0.3) is 5.91 Å². The second-order valence-electron chi connectivity index (χ2n) is 6.11. The maximum atomic E-state index is 12.7. The highest BCUT2D eigenvalue weighted by Gasteiger charge is 2.17. The number of aromatic hydroxyl groups is 1. The number of phenolic OH excluding ortho intramolecular Hbond substituents is 1. The molecule has 0 radical (unpaired) electrons. The van der Waals surface area contributed by atoms with E-state index in [-0.39, 0.29) is 11.4 Å². The van der Waals surface area contributed by atoms with Gasteiger partial charge < -0.3 is 10.4 Å². The zero-order valence-electron chi connectivity index (χ0n) is 14.3. The fraction of sp³-hybridized carbons (Fsp3) is 0.0500. The first-order chi connectivity index (χ1) is 13.0. The van der Waals surface area contributed by atoms with Crippen molar-refractivity contribution in [1.29, 1.82) is 0 Å². The number of aromatic nitrogens is 3. The van der Waals surface area contributed by atoms with Crippen LogP contribution in [0.1, 0.15) is 15.9 Å². The minimum atomic E-state index is -0.434. The first kappa shape index (κ1) is 17.1.